The summed E-state index contributed by atoms with van der Waals surface area (Å²) in [5.41, 5.74) is 0.117. The Bertz CT molecular complexity index is 756. The van der Waals surface area contributed by atoms with Gasteiger partial charge in [-0.3, -0.25) is 24.0 Å². The second kappa shape index (κ2) is 10.2. The summed E-state index contributed by atoms with van der Waals surface area (Å²) in [6, 6.07) is 0. The molecule has 0 aliphatic heterocycles. The van der Waals surface area contributed by atoms with E-state index in [1.54, 1.807) is 0 Å². The van der Waals surface area contributed by atoms with Crippen LogP contribution in [0.5, 0.6) is 0 Å². The topological polar surface area (TPSA) is 151 Å². The van der Waals surface area contributed by atoms with Gasteiger partial charge in [0.05, 0.1) is 11.9 Å². The minimum Gasteiger partial charge on any atom is -0.462 e. The Hall–Kier alpha value is -3.24. The number of aromatic nitrogens is 2. The first-order chi connectivity index (χ1) is 13.0. The van der Waals surface area contributed by atoms with Crippen LogP contribution in [0.2, 0.25) is 0 Å². The summed E-state index contributed by atoms with van der Waals surface area (Å²) >= 11 is 0. The van der Waals surface area contributed by atoms with Crippen molar-refractivity contribution < 1.29 is 42.9 Å². The number of Topliss-reactive ketones (excluding diaryl/α,β-unsaturated/α-hetero) is 1. The van der Waals surface area contributed by atoms with Gasteiger partial charge >= 0.3 is 23.9 Å². The number of nitrogens with one attached hydrogen (secondary N) is 1. The zero-order valence-electron chi connectivity index (χ0n) is 16.1. The lowest BCUT2D eigenvalue weighted by Gasteiger charge is -2.31. The molecule has 1 heterocycles. The van der Waals surface area contributed by atoms with E-state index in [1.807, 2.05) is 0 Å². The van der Waals surface area contributed by atoms with Crippen LogP contribution in [0.4, 0.5) is 0 Å². The van der Waals surface area contributed by atoms with Gasteiger partial charge in [-0.2, -0.15) is 0 Å². The Morgan fingerprint density at radius 3 is 1.89 bits per heavy atom. The van der Waals surface area contributed by atoms with Crippen molar-refractivity contribution in [3.05, 3.63) is 17.7 Å². The van der Waals surface area contributed by atoms with Gasteiger partial charge in [-0.25, -0.2) is 4.98 Å². The van der Waals surface area contributed by atoms with Gasteiger partial charge in [0, 0.05) is 34.6 Å². The molecule has 0 saturated heterocycles. The van der Waals surface area contributed by atoms with Crippen molar-refractivity contribution in [2.45, 2.75) is 52.9 Å². The summed E-state index contributed by atoms with van der Waals surface area (Å²) in [5, 5.41) is 0. The number of aromatic amines is 1. The third-order valence-electron chi connectivity index (χ3n) is 3.26. The van der Waals surface area contributed by atoms with E-state index in [9.17, 15) is 24.0 Å². The first-order valence-corrected chi connectivity index (χ1v) is 8.22. The Kier molecular flexibility index (Phi) is 8.29. The third-order valence-corrected chi connectivity index (χ3v) is 3.26. The number of nitrogens with zero attached hydrogens (tertiary/aromatic N) is 1. The second-order valence-corrected chi connectivity index (χ2v) is 5.80. The van der Waals surface area contributed by atoms with Crippen LogP contribution in [0.3, 0.4) is 0 Å². The number of carbonyl (C=O) groups is 5. The van der Waals surface area contributed by atoms with Gasteiger partial charge in [-0.05, 0) is 0 Å². The highest BCUT2D eigenvalue weighted by atomic mass is 16.6. The van der Waals surface area contributed by atoms with Crippen molar-refractivity contribution in [2.24, 2.45) is 0 Å². The average Bonchev–Trinajstić information content (AvgIpc) is 3.04. The first-order valence-electron chi connectivity index (χ1n) is 8.22. The number of imidazole rings is 1. The van der Waals surface area contributed by atoms with E-state index in [1.165, 1.54) is 13.1 Å². The lowest BCUT2D eigenvalue weighted by atomic mass is 10.1. The average molecular weight is 398 g/mol. The minimum atomic E-state index is -1.38. The van der Waals surface area contributed by atoms with Gasteiger partial charge in [0.1, 0.15) is 6.61 Å². The van der Waals surface area contributed by atoms with Gasteiger partial charge in [0.15, 0.2) is 29.9 Å². The molecule has 1 aromatic heterocycles. The number of hydrogen-bond acceptors (Lipinski definition) is 10. The number of carbonyl (C=O) groups excluding carboxylic acids is 5. The maximum absolute atomic E-state index is 11.6. The molecule has 11 heteroatoms. The molecular weight excluding hydrogens is 376 g/mol. The molecule has 154 valence electrons. The van der Waals surface area contributed by atoms with Crippen LogP contribution < -0.4 is 0 Å². The molecule has 0 radical (unpaired) electrons. The van der Waals surface area contributed by atoms with Crippen LogP contribution in [-0.2, 0) is 38.1 Å². The summed E-state index contributed by atoms with van der Waals surface area (Å²) < 4.78 is 20.4. The fraction of sp³-hybridized carbons (Fsp3) is 0.529. The molecule has 0 amide bonds. The molecule has 0 saturated carbocycles. The summed E-state index contributed by atoms with van der Waals surface area (Å²) in [7, 11) is 0. The second-order valence-electron chi connectivity index (χ2n) is 5.80. The summed E-state index contributed by atoms with van der Waals surface area (Å²) in [4.78, 5) is 63.9. The summed E-state index contributed by atoms with van der Waals surface area (Å²) in [6.07, 6.45) is -2.78. The molecule has 0 aliphatic rings. The fourth-order valence-electron chi connectivity index (χ4n) is 2.28. The van der Waals surface area contributed by atoms with E-state index in [4.69, 9.17) is 18.9 Å². The van der Waals surface area contributed by atoms with Crippen molar-refractivity contribution in [2.75, 3.05) is 6.61 Å². The Balaban J connectivity index is 3.36. The quantitative estimate of drug-likeness (QED) is 0.356. The fourth-order valence-corrected chi connectivity index (χ4v) is 2.28. The molecule has 3 atom stereocenters. The summed E-state index contributed by atoms with van der Waals surface area (Å²) in [5.74, 6) is -3.32. The van der Waals surface area contributed by atoms with E-state index in [-0.39, 0.29) is 17.3 Å². The molecule has 1 N–H and O–H groups in total. The van der Waals surface area contributed by atoms with Crippen LogP contribution in [0.25, 0.3) is 0 Å². The van der Waals surface area contributed by atoms with Crippen LogP contribution in [0.15, 0.2) is 6.20 Å². The zero-order valence-corrected chi connectivity index (χ0v) is 16.1. The van der Waals surface area contributed by atoms with E-state index >= 15 is 0 Å². The van der Waals surface area contributed by atoms with Crippen molar-refractivity contribution in [3.8, 4) is 0 Å². The van der Waals surface area contributed by atoms with E-state index < -0.39 is 48.8 Å². The third kappa shape index (κ3) is 7.17. The van der Waals surface area contributed by atoms with Gasteiger partial charge in [-0.15, -0.1) is 0 Å². The summed E-state index contributed by atoms with van der Waals surface area (Å²) in [6.45, 7) is 5.28. The Morgan fingerprint density at radius 1 is 0.893 bits per heavy atom. The van der Waals surface area contributed by atoms with Gasteiger partial charge in [0.25, 0.3) is 0 Å². The van der Waals surface area contributed by atoms with E-state index in [0.29, 0.717) is 0 Å². The smallest absolute Gasteiger partial charge is 0.303 e. The van der Waals surface area contributed by atoms with Crippen LogP contribution in [0, 0.1) is 0 Å². The Labute approximate surface area is 160 Å². The number of esters is 4. The lowest BCUT2D eigenvalue weighted by molar-refractivity contribution is -0.190. The zero-order chi connectivity index (χ0) is 21.4. The van der Waals surface area contributed by atoms with Crippen molar-refractivity contribution in [3.63, 3.8) is 0 Å². The standard InChI is InChI=1S/C17H22N2O9/c1-8(20)17-18-6-13(19-17)15(27-11(4)23)16(28-12(5)24)14(26-10(3)22)7-25-9(2)21/h6,14-16H,7H2,1-5H3,(H,18,19)/t14-,15+,16-/m0/s1. The highest BCUT2D eigenvalue weighted by molar-refractivity contribution is 5.90. The van der Waals surface area contributed by atoms with Crippen molar-refractivity contribution in [1.29, 1.82) is 0 Å². The lowest BCUT2D eigenvalue weighted by Crippen LogP contribution is -2.43. The molecule has 28 heavy (non-hydrogen) atoms. The van der Waals surface area contributed by atoms with E-state index in [0.717, 1.165) is 27.7 Å². The molecule has 0 spiro atoms. The van der Waals surface area contributed by atoms with Crippen LogP contribution >= 0.6 is 0 Å². The largest absolute Gasteiger partial charge is 0.462 e. The van der Waals surface area contributed by atoms with Crippen LogP contribution in [0.1, 0.15) is 57.0 Å². The SMILES string of the molecule is CC(=O)OC[C@H](OC(C)=O)[C@H](OC(C)=O)[C@H](OC(C)=O)c1cnc(C(C)=O)[nH]1. The van der Waals surface area contributed by atoms with Gasteiger partial charge < -0.3 is 23.9 Å². The van der Waals surface area contributed by atoms with E-state index in [2.05, 4.69) is 9.97 Å². The first kappa shape index (κ1) is 22.8. The highest BCUT2D eigenvalue weighted by Crippen LogP contribution is 2.27. The molecule has 1 aromatic rings. The number of hydrogen-bond donors (Lipinski definition) is 1. The molecule has 0 unspecified atom stereocenters. The molecule has 0 aliphatic carbocycles. The molecule has 0 fully saturated rings. The predicted molar refractivity (Wildman–Crippen MR) is 90.8 cm³/mol. The van der Waals surface area contributed by atoms with Crippen molar-refractivity contribution >= 4 is 29.7 Å². The maximum Gasteiger partial charge on any atom is 0.303 e. The molecular formula is C17H22N2O9. The molecule has 0 bridgehead atoms. The number of ether oxygens (including phenoxy) is 4. The monoisotopic (exact) mass is 398 g/mol. The highest BCUT2D eigenvalue weighted by Gasteiger charge is 2.40. The molecule has 11 nitrogen and oxygen atoms in total. The minimum absolute atomic E-state index is 0.0160. The van der Waals surface area contributed by atoms with Gasteiger partial charge in [-0.1, -0.05) is 0 Å². The maximum atomic E-state index is 11.6. The van der Waals surface area contributed by atoms with Crippen molar-refractivity contribution in [1.82, 2.24) is 9.97 Å². The Morgan fingerprint density at radius 2 is 1.46 bits per heavy atom. The number of ketones is 1. The van der Waals surface area contributed by atoms with Gasteiger partial charge in [0.2, 0.25) is 0 Å². The number of H-pyrrole nitrogens is 1. The molecule has 1 rings (SSSR count). The predicted octanol–water partition coefficient (Wildman–Crippen LogP) is 0.643. The molecule has 0 aromatic carbocycles. The normalized spacial score (nSPS) is 13.6. The van der Waals surface area contributed by atoms with Crippen LogP contribution in [-0.4, -0.2) is 58.4 Å². The number of rotatable bonds is 9.